The molecule has 29 heavy (non-hydrogen) atoms. The van der Waals surface area contributed by atoms with E-state index in [1.807, 2.05) is 0 Å². The molecule has 7 heteroatoms. The lowest BCUT2D eigenvalue weighted by molar-refractivity contribution is -0.0494. The number of rotatable bonds is 7. The molecule has 0 aromatic heterocycles. The maximum atomic E-state index is 12.8. The van der Waals surface area contributed by atoms with Crippen LogP contribution in [0.15, 0.2) is 66.7 Å². The lowest BCUT2D eigenvalue weighted by Gasteiger charge is -2.14. The first-order chi connectivity index (χ1) is 14.0. The molecule has 0 aliphatic rings. The number of halogens is 2. The molecule has 0 unspecified atom stereocenters. The summed E-state index contributed by atoms with van der Waals surface area (Å²) in [6, 6.07) is 18.0. The fourth-order valence-corrected chi connectivity index (χ4v) is 2.75. The van der Waals surface area contributed by atoms with Crippen LogP contribution < -0.4 is 19.5 Å². The van der Waals surface area contributed by atoms with Crippen molar-refractivity contribution in [1.29, 1.82) is 0 Å². The number of ether oxygens (including phenoxy) is 3. The summed E-state index contributed by atoms with van der Waals surface area (Å²) in [4.78, 5) is 12.5. The van der Waals surface area contributed by atoms with Crippen molar-refractivity contribution >= 4 is 11.6 Å². The van der Waals surface area contributed by atoms with Gasteiger partial charge in [0.05, 0.1) is 14.2 Å². The summed E-state index contributed by atoms with van der Waals surface area (Å²) in [6.07, 6.45) is 0. The third-order valence-corrected chi connectivity index (χ3v) is 4.21. The number of anilines is 1. The Morgan fingerprint density at radius 2 is 1.45 bits per heavy atom. The van der Waals surface area contributed by atoms with E-state index in [1.54, 1.807) is 61.7 Å². The van der Waals surface area contributed by atoms with Gasteiger partial charge in [-0.25, -0.2) is 0 Å². The van der Waals surface area contributed by atoms with Crippen LogP contribution in [-0.2, 0) is 0 Å². The van der Waals surface area contributed by atoms with Crippen LogP contribution in [0.2, 0.25) is 0 Å². The van der Waals surface area contributed by atoms with Gasteiger partial charge < -0.3 is 19.5 Å². The lowest BCUT2D eigenvalue weighted by atomic mass is 10.0. The highest BCUT2D eigenvalue weighted by atomic mass is 19.3. The molecular weight excluding hydrogens is 380 g/mol. The zero-order chi connectivity index (χ0) is 20.8. The molecule has 0 atom stereocenters. The second-order valence-corrected chi connectivity index (χ2v) is 6.00. The Labute approximate surface area is 166 Å². The Balaban J connectivity index is 1.89. The van der Waals surface area contributed by atoms with Crippen LogP contribution in [0.4, 0.5) is 14.5 Å². The molecular formula is C22H19F2NO4. The molecule has 1 amide bonds. The standard InChI is InChI=1S/C22H19F2NO4/c1-27-17-8-3-14(4-9-17)19-13-16(7-12-20(19)29-22(23)24)25-21(26)15-5-10-18(28-2)11-6-15/h3-13,22H,1-2H3,(H,25,26). The number of benzene rings is 3. The van der Waals surface area contributed by atoms with Crippen molar-refractivity contribution in [3.05, 3.63) is 72.3 Å². The molecule has 0 aliphatic heterocycles. The molecule has 0 radical (unpaired) electrons. The van der Waals surface area contributed by atoms with E-state index in [0.717, 1.165) is 0 Å². The fourth-order valence-electron chi connectivity index (χ4n) is 2.75. The summed E-state index contributed by atoms with van der Waals surface area (Å²) in [6.45, 7) is -2.97. The quantitative estimate of drug-likeness (QED) is 0.592. The second-order valence-electron chi connectivity index (χ2n) is 6.00. The van der Waals surface area contributed by atoms with Crippen LogP contribution in [0.3, 0.4) is 0 Å². The number of nitrogens with one attached hydrogen (secondary N) is 1. The third-order valence-electron chi connectivity index (χ3n) is 4.21. The van der Waals surface area contributed by atoms with Gasteiger partial charge in [0.1, 0.15) is 17.2 Å². The molecule has 5 nitrogen and oxygen atoms in total. The Morgan fingerprint density at radius 1 is 0.862 bits per heavy atom. The molecule has 0 aliphatic carbocycles. The molecule has 1 N–H and O–H groups in total. The topological polar surface area (TPSA) is 56.8 Å². The minimum atomic E-state index is -2.97. The van der Waals surface area contributed by atoms with E-state index >= 15 is 0 Å². The van der Waals surface area contributed by atoms with Gasteiger partial charge in [-0.05, 0) is 60.2 Å². The Morgan fingerprint density at radius 3 is 2.00 bits per heavy atom. The van der Waals surface area contributed by atoms with Crippen molar-refractivity contribution < 1.29 is 27.8 Å². The zero-order valence-corrected chi connectivity index (χ0v) is 15.8. The molecule has 3 aromatic carbocycles. The maximum absolute atomic E-state index is 12.8. The number of amides is 1. The zero-order valence-electron chi connectivity index (χ0n) is 15.8. The van der Waals surface area contributed by atoms with E-state index in [0.29, 0.717) is 33.9 Å². The Bertz CT molecular complexity index is 973. The third kappa shape index (κ3) is 5.01. The Hall–Kier alpha value is -3.61. The minimum Gasteiger partial charge on any atom is -0.497 e. The maximum Gasteiger partial charge on any atom is 0.387 e. The highest BCUT2D eigenvalue weighted by molar-refractivity contribution is 6.04. The first-order valence-electron chi connectivity index (χ1n) is 8.69. The van der Waals surface area contributed by atoms with Gasteiger partial charge in [0.15, 0.2) is 0 Å². The van der Waals surface area contributed by atoms with Gasteiger partial charge in [-0.2, -0.15) is 8.78 Å². The van der Waals surface area contributed by atoms with Gasteiger partial charge in [-0.15, -0.1) is 0 Å². The molecule has 0 heterocycles. The van der Waals surface area contributed by atoms with Crippen molar-refractivity contribution in [2.75, 3.05) is 19.5 Å². The number of alkyl halides is 2. The number of methoxy groups -OCH3 is 2. The van der Waals surface area contributed by atoms with Crippen LogP contribution in [0.1, 0.15) is 10.4 Å². The molecule has 3 aromatic rings. The number of hydrogen-bond acceptors (Lipinski definition) is 4. The smallest absolute Gasteiger partial charge is 0.387 e. The molecule has 150 valence electrons. The molecule has 0 spiro atoms. The van der Waals surface area contributed by atoms with Crippen LogP contribution >= 0.6 is 0 Å². The van der Waals surface area contributed by atoms with E-state index in [-0.39, 0.29) is 11.7 Å². The summed E-state index contributed by atoms with van der Waals surface area (Å²) in [5.41, 5.74) is 1.94. The molecule has 0 bridgehead atoms. The predicted octanol–water partition coefficient (Wildman–Crippen LogP) is 5.22. The van der Waals surface area contributed by atoms with Crippen molar-refractivity contribution in [1.82, 2.24) is 0 Å². The summed E-state index contributed by atoms with van der Waals surface area (Å²) in [5, 5.41) is 2.76. The fraction of sp³-hybridized carbons (Fsp3) is 0.136. The minimum absolute atomic E-state index is 0.00705. The van der Waals surface area contributed by atoms with E-state index in [1.165, 1.54) is 19.2 Å². The average molecular weight is 399 g/mol. The molecule has 0 fully saturated rings. The van der Waals surface area contributed by atoms with Crippen LogP contribution in [0, 0.1) is 0 Å². The van der Waals surface area contributed by atoms with E-state index in [2.05, 4.69) is 10.1 Å². The van der Waals surface area contributed by atoms with Gasteiger partial charge in [0.25, 0.3) is 5.91 Å². The van der Waals surface area contributed by atoms with Gasteiger partial charge in [0, 0.05) is 16.8 Å². The molecule has 0 saturated heterocycles. The Kier molecular flexibility index (Phi) is 6.29. The first kappa shape index (κ1) is 20.1. The van der Waals surface area contributed by atoms with Gasteiger partial charge >= 0.3 is 6.61 Å². The normalized spacial score (nSPS) is 10.5. The molecule has 3 rings (SSSR count). The van der Waals surface area contributed by atoms with E-state index < -0.39 is 6.61 Å². The summed E-state index contributed by atoms with van der Waals surface area (Å²) >= 11 is 0. The highest BCUT2D eigenvalue weighted by Crippen LogP contribution is 2.34. The van der Waals surface area contributed by atoms with Gasteiger partial charge in [-0.3, -0.25) is 4.79 Å². The monoisotopic (exact) mass is 399 g/mol. The number of carbonyl (C=O) groups is 1. The SMILES string of the molecule is COc1ccc(C(=O)Nc2ccc(OC(F)F)c(-c3ccc(OC)cc3)c2)cc1. The number of carbonyl (C=O) groups excluding carboxylic acids is 1. The molecule has 0 saturated carbocycles. The lowest BCUT2D eigenvalue weighted by Crippen LogP contribution is -2.12. The van der Waals surface area contributed by atoms with Crippen molar-refractivity contribution in [2.45, 2.75) is 6.61 Å². The summed E-state index contributed by atoms with van der Waals surface area (Å²) in [5.74, 6) is 0.939. The van der Waals surface area contributed by atoms with E-state index in [9.17, 15) is 13.6 Å². The predicted molar refractivity (Wildman–Crippen MR) is 106 cm³/mol. The highest BCUT2D eigenvalue weighted by Gasteiger charge is 2.14. The number of hydrogen-bond donors (Lipinski definition) is 1. The van der Waals surface area contributed by atoms with Crippen molar-refractivity contribution in [3.8, 4) is 28.4 Å². The largest absolute Gasteiger partial charge is 0.497 e. The van der Waals surface area contributed by atoms with Crippen LogP contribution in [0.25, 0.3) is 11.1 Å². The van der Waals surface area contributed by atoms with Gasteiger partial charge in [0.2, 0.25) is 0 Å². The van der Waals surface area contributed by atoms with Crippen LogP contribution in [-0.4, -0.2) is 26.7 Å². The summed E-state index contributed by atoms with van der Waals surface area (Å²) < 4.78 is 40.5. The summed E-state index contributed by atoms with van der Waals surface area (Å²) in [7, 11) is 3.08. The van der Waals surface area contributed by atoms with Crippen molar-refractivity contribution in [2.24, 2.45) is 0 Å². The van der Waals surface area contributed by atoms with Gasteiger partial charge in [-0.1, -0.05) is 12.1 Å². The first-order valence-corrected chi connectivity index (χ1v) is 8.69. The van der Waals surface area contributed by atoms with Crippen LogP contribution in [0.5, 0.6) is 17.2 Å². The van der Waals surface area contributed by atoms with Crippen molar-refractivity contribution in [3.63, 3.8) is 0 Å². The average Bonchev–Trinajstić information content (AvgIpc) is 2.74. The second kappa shape index (κ2) is 9.05. The van der Waals surface area contributed by atoms with E-state index in [4.69, 9.17) is 9.47 Å².